The van der Waals surface area contributed by atoms with Crippen LogP contribution in [0.15, 0.2) is 11.6 Å². The van der Waals surface area contributed by atoms with E-state index >= 15 is 0 Å². The van der Waals surface area contributed by atoms with Crippen LogP contribution >= 0.6 is 0 Å². The van der Waals surface area contributed by atoms with E-state index in [0.717, 1.165) is 6.42 Å². The molecule has 0 amide bonds. The smallest absolute Gasteiger partial charge is 0.0269 e. The van der Waals surface area contributed by atoms with E-state index in [-0.39, 0.29) is 0 Å². The molecule has 1 rings (SSSR count). The molecule has 1 heterocycles. The summed E-state index contributed by atoms with van der Waals surface area (Å²) < 4.78 is 0. The molecule has 1 unspecified atom stereocenters. The van der Waals surface area contributed by atoms with Crippen molar-refractivity contribution in [1.82, 2.24) is 5.32 Å². The van der Waals surface area contributed by atoms with E-state index in [0.29, 0.717) is 6.04 Å². The normalized spacial score (nSPS) is 24.0. The highest BCUT2D eigenvalue weighted by Crippen LogP contribution is 2.14. The number of hydrogen-bond donors (Lipinski definition) is 1. The molecule has 0 aromatic carbocycles. The van der Waals surface area contributed by atoms with Crippen molar-refractivity contribution >= 4 is 0 Å². The van der Waals surface area contributed by atoms with Gasteiger partial charge in [0.15, 0.2) is 0 Å². The average molecular weight is 177 g/mol. The van der Waals surface area contributed by atoms with E-state index < -0.39 is 0 Å². The third-order valence-electron chi connectivity index (χ3n) is 2.55. The molecule has 0 spiro atoms. The first kappa shape index (κ1) is 10.3. The Morgan fingerprint density at radius 2 is 2.46 bits per heavy atom. The van der Waals surface area contributed by atoms with Gasteiger partial charge in [-0.2, -0.15) is 0 Å². The second-order valence-corrected chi connectivity index (χ2v) is 3.81. The predicted octanol–water partition coefficient (Wildman–Crippen LogP) is 2.49. The fraction of sp³-hybridized carbons (Fsp3) is 0.667. The summed E-state index contributed by atoms with van der Waals surface area (Å²) in [5.41, 5.74) is 1.43. The van der Waals surface area contributed by atoms with Gasteiger partial charge in [0.2, 0.25) is 0 Å². The maximum atomic E-state index is 5.20. The molecule has 1 fully saturated rings. The van der Waals surface area contributed by atoms with Gasteiger partial charge in [0.25, 0.3) is 0 Å². The summed E-state index contributed by atoms with van der Waals surface area (Å²) in [5.74, 6) is 2.64. The lowest BCUT2D eigenvalue weighted by Gasteiger charge is -2.23. The third kappa shape index (κ3) is 4.15. The van der Waals surface area contributed by atoms with Gasteiger partial charge in [0, 0.05) is 12.5 Å². The van der Waals surface area contributed by atoms with Crippen molar-refractivity contribution in [3.05, 3.63) is 11.6 Å². The first-order chi connectivity index (χ1) is 6.33. The van der Waals surface area contributed by atoms with Crippen LogP contribution in [0.2, 0.25) is 0 Å². The fourth-order valence-corrected chi connectivity index (χ4v) is 1.80. The summed E-state index contributed by atoms with van der Waals surface area (Å²) in [5, 5.41) is 3.53. The summed E-state index contributed by atoms with van der Waals surface area (Å²) in [6.45, 7) is 3.36. The van der Waals surface area contributed by atoms with E-state index in [1.807, 2.05) is 0 Å². The molecular formula is C12H19N. The van der Waals surface area contributed by atoms with Crippen LogP contribution in [0.5, 0.6) is 0 Å². The summed E-state index contributed by atoms with van der Waals surface area (Å²) in [6, 6.07) is 0.697. The Labute approximate surface area is 81.6 Å². The number of nitrogens with one attached hydrogen (secondary N) is 1. The van der Waals surface area contributed by atoms with E-state index in [1.54, 1.807) is 0 Å². The first-order valence-electron chi connectivity index (χ1n) is 5.15. The Morgan fingerprint density at radius 3 is 3.08 bits per heavy atom. The standard InChI is InChI=1S/C12H19N/c1-3-4-7-11(2)10-12-8-5-6-9-13-12/h1,7,12-13H,4-6,8-10H2,2H3. The van der Waals surface area contributed by atoms with Gasteiger partial charge in [-0.05, 0) is 32.7 Å². The molecule has 0 bridgehead atoms. The van der Waals surface area contributed by atoms with E-state index in [2.05, 4.69) is 24.2 Å². The Balaban J connectivity index is 2.26. The molecule has 1 heteroatoms. The van der Waals surface area contributed by atoms with Gasteiger partial charge in [0.05, 0.1) is 0 Å². The quantitative estimate of drug-likeness (QED) is 0.516. The molecule has 0 aromatic heterocycles. The van der Waals surface area contributed by atoms with Crippen molar-refractivity contribution in [1.29, 1.82) is 0 Å². The zero-order chi connectivity index (χ0) is 9.52. The molecule has 1 N–H and O–H groups in total. The Hall–Kier alpha value is -0.740. The van der Waals surface area contributed by atoms with Gasteiger partial charge in [0.1, 0.15) is 0 Å². The Kier molecular flexibility index (Phi) is 4.64. The lowest BCUT2D eigenvalue weighted by molar-refractivity contribution is 0.398. The van der Waals surface area contributed by atoms with Crippen molar-refractivity contribution < 1.29 is 0 Å². The van der Waals surface area contributed by atoms with Crippen LogP contribution in [0.3, 0.4) is 0 Å². The second-order valence-electron chi connectivity index (χ2n) is 3.81. The fourth-order valence-electron chi connectivity index (χ4n) is 1.80. The van der Waals surface area contributed by atoms with Crippen molar-refractivity contribution in [2.75, 3.05) is 6.54 Å². The average Bonchev–Trinajstić information content (AvgIpc) is 2.16. The number of terminal acetylenes is 1. The number of hydrogen-bond acceptors (Lipinski definition) is 1. The highest BCUT2D eigenvalue weighted by Gasteiger charge is 2.11. The minimum absolute atomic E-state index is 0.697. The zero-order valence-corrected chi connectivity index (χ0v) is 8.47. The van der Waals surface area contributed by atoms with Crippen LogP contribution in [0.25, 0.3) is 0 Å². The van der Waals surface area contributed by atoms with E-state index in [4.69, 9.17) is 6.42 Å². The molecule has 0 radical (unpaired) electrons. The van der Waals surface area contributed by atoms with E-state index in [9.17, 15) is 0 Å². The monoisotopic (exact) mass is 177 g/mol. The number of rotatable bonds is 3. The van der Waals surface area contributed by atoms with Crippen LogP contribution in [0.1, 0.15) is 39.0 Å². The van der Waals surface area contributed by atoms with E-state index in [1.165, 1.54) is 37.8 Å². The van der Waals surface area contributed by atoms with Crippen LogP contribution in [-0.2, 0) is 0 Å². The van der Waals surface area contributed by atoms with Crippen LogP contribution in [0, 0.1) is 12.3 Å². The lowest BCUT2D eigenvalue weighted by Crippen LogP contribution is -2.33. The molecule has 0 aromatic rings. The highest BCUT2D eigenvalue weighted by molar-refractivity contribution is 5.06. The van der Waals surface area contributed by atoms with Crippen LogP contribution < -0.4 is 5.32 Å². The molecular weight excluding hydrogens is 158 g/mol. The first-order valence-corrected chi connectivity index (χ1v) is 5.15. The second kappa shape index (κ2) is 5.83. The number of piperidine rings is 1. The molecule has 1 saturated heterocycles. The molecule has 13 heavy (non-hydrogen) atoms. The molecule has 72 valence electrons. The molecule has 1 aliphatic rings. The van der Waals surface area contributed by atoms with Gasteiger partial charge in [-0.3, -0.25) is 0 Å². The maximum absolute atomic E-state index is 5.20. The molecule has 1 aliphatic heterocycles. The van der Waals surface area contributed by atoms with Crippen LogP contribution in [-0.4, -0.2) is 12.6 Å². The minimum atomic E-state index is 0.697. The summed E-state index contributed by atoms with van der Waals surface area (Å²) in [7, 11) is 0. The summed E-state index contributed by atoms with van der Waals surface area (Å²) >= 11 is 0. The van der Waals surface area contributed by atoms with Gasteiger partial charge in [-0.1, -0.05) is 18.1 Å². The SMILES string of the molecule is C#CCC=C(C)CC1CCCCN1. The summed E-state index contributed by atoms with van der Waals surface area (Å²) in [4.78, 5) is 0. The number of allylic oxidation sites excluding steroid dienone is 1. The third-order valence-corrected chi connectivity index (χ3v) is 2.55. The predicted molar refractivity (Wildman–Crippen MR) is 57.5 cm³/mol. The van der Waals surface area contributed by atoms with Crippen molar-refractivity contribution in [2.24, 2.45) is 0 Å². The van der Waals surface area contributed by atoms with Gasteiger partial charge in [-0.25, -0.2) is 0 Å². The lowest BCUT2D eigenvalue weighted by atomic mass is 9.98. The van der Waals surface area contributed by atoms with Crippen molar-refractivity contribution in [2.45, 2.75) is 45.1 Å². The van der Waals surface area contributed by atoms with Crippen LogP contribution in [0.4, 0.5) is 0 Å². The van der Waals surface area contributed by atoms with Crippen molar-refractivity contribution in [3.63, 3.8) is 0 Å². The van der Waals surface area contributed by atoms with Gasteiger partial charge >= 0.3 is 0 Å². The zero-order valence-electron chi connectivity index (χ0n) is 8.47. The largest absolute Gasteiger partial charge is 0.314 e. The highest BCUT2D eigenvalue weighted by atomic mass is 14.9. The topological polar surface area (TPSA) is 12.0 Å². The molecule has 1 nitrogen and oxygen atoms in total. The maximum Gasteiger partial charge on any atom is 0.0269 e. The van der Waals surface area contributed by atoms with Crippen molar-refractivity contribution in [3.8, 4) is 12.3 Å². The Morgan fingerprint density at radius 1 is 1.62 bits per heavy atom. The minimum Gasteiger partial charge on any atom is -0.314 e. The Bertz CT molecular complexity index is 204. The molecule has 1 atom stereocenters. The molecule has 0 aliphatic carbocycles. The molecule has 0 saturated carbocycles. The van der Waals surface area contributed by atoms with Gasteiger partial charge in [-0.15, -0.1) is 12.3 Å². The van der Waals surface area contributed by atoms with Gasteiger partial charge < -0.3 is 5.32 Å². The summed E-state index contributed by atoms with van der Waals surface area (Å²) in [6.07, 6.45) is 13.3.